The van der Waals surface area contributed by atoms with Crippen LogP contribution in [0.2, 0.25) is 0 Å². The summed E-state index contributed by atoms with van der Waals surface area (Å²) in [4.78, 5) is -0.157. The molecule has 31 heavy (non-hydrogen) atoms. The normalized spacial score (nSPS) is 11.4. The number of para-hydroxylation sites is 1. The number of halogens is 1. The Bertz CT molecular complexity index is 1180. The van der Waals surface area contributed by atoms with Crippen molar-refractivity contribution >= 4 is 27.9 Å². The number of rotatable bonds is 8. The fourth-order valence-corrected chi connectivity index (χ4v) is 4.08. The van der Waals surface area contributed by atoms with E-state index in [1.165, 1.54) is 39.5 Å². The second kappa shape index (κ2) is 9.53. The zero-order chi connectivity index (χ0) is 22.4. The van der Waals surface area contributed by atoms with Crippen LogP contribution in [0.25, 0.3) is 12.2 Å². The maximum absolute atomic E-state index is 13.5. The van der Waals surface area contributed by atoms with Crippen molar-refractivity contribution in [3.8, 4) is 17.2 Å². The molecule has 3 aromatic rings. The Morgan fingerprint density at radius 1 is 0.839 bits per heavy atom. The SMILES string of the molecule is COc1cc(C=Cc2ccccc2NS(=O)(=O)c2cccc(F)c2)cc(OC)c1OC. The molecule has 6 nitrogen and oxygen atoms in total. The zero-order valence-electron chi connectivity index (χ0n) is 17.3. The van der Waals surface area contributed by atoms with E-state index in [0.29, 0.717) is 28.5 Å². The molecular formula is C23H22FNO5S. The number of anilines is 1. The van der Waals surface area contributed by atoms with Gasteiger partial charge in [-0.15, -0.1) is 0 Å². The number of ether oxygens (including phenoxy) is 3. The van der Waals surface area contributed by atoms with Gasteiger partial charge in [0.05, 0.1) is 31.9 Å². The Labute approximate surface area is 180 Å². The number of sulfonamides is 1. The molecular weight excluding hydrogens is 421 g/mol. The van der Waals surface area contributed by atoms with E-state index in [0.717, 1.165) is 11.6 Å². The molecule has 0 aromatic heterocycles. The Morgan fingerprint density at radius 2 is 1.52 bits per heavy atom. The molecule has 3 aromatic carbocycles. The van der Waals surface area contributed by atoms with Gasteiger partial charge in [0, 0.05) is 0 Å². The van der Waals surface area contributed by atoms with E-state index in [-0.39, 0.29) is 4.90 Å². The molecule has 0 bridgehead atoms. The number of methoxy groups -OCH3 is 3. The lowest BCUT2D eigenvalue weighted by atomic mass is 10.1. The van der Waals surface area contributed by atoms with Crippen LogP contribution >= 0.6 is 0 Å². The van der Waals surface area contributed by atoms with E-state index in [1.54, 1.807) is 48.6 Å². The highest BCUT2D eigenvalue weighted by molar-refractivity contribution is 7.92. The largest absolute Gasteiger partial charge is 0.493 e. The quantitative estimate of drug-likeness (QED) is 0.505. The summed E-state index contributed by atoms with van der Waals surface area (Å²) in [6.45, 7) is 0. The van der Waals surface area contributed by atoms with Crippen molar-refractivity contribution in [2.75, 3.05) is 26.1 Å². The van der Waals surface area contributed by atoms with Gasteiger partial charge in [-0.3, -0.25) is 4.72 Å². The number of nitrogens with one attached hydrogen (secondary N) is 1. The Kier molecular flexibility index (Phi) is 6.81. The van der Waals surface area contributed by atoms with Gasteiger partial charge in [-0.05, 0) is 47.5 Å². The third-order valence-corrected chi connectivity index (χ3v) is 5.82. The predicted octanol–water partition coefficient (Wildman–Crippen LogP) is 4.82. The Balaban J connectivity index is 1.93. The van der Waals surface area contributed by atoms with Gasteiger partial charge in [0.1, 0.15) is 5.82 Å². The van der Waals surface area contributed by atoms with Crippen molar-refractivity contribution in [2.24, 2.45) is 0 Å². The van der Waals surface area contributed by atoms with Crippen molar-refractivity contribution in [1.82, 2.24) is 0 Å². The molecule has 8 heteroatoms. The van der Waals surface area contributed by atoms with Crippen molar-refractivity contribution < 1.29 is 27.0 Å². The van der Waals surface area contributed by atoms with Crippen LogP contribution in [0, 0.1) is 5.82 Å². The van der Waals surface area contributed by atoms with E-state index in [4.69, 9.17) is 14.2 Å². The molecule has 0 spiro atoms. The monoisotopic (exact) mass is 443 g/mol. The molecule has 0 aliphatic rings. The van der Waals surface area contributed by atoms with Gasteiger partial charge in [0.15, 0.2) is 11.5 Å². The highest BCUT2D eigenvalue weighted by atomic mass is 32.2. The molecule has 0 fully saturated rings. The zero-order valence-corrected chi connectivity index (χ0v) is 18.1. The lowest BCUT2D eigenvalue weighted by molar-refractivity contribution is 0.324. The summed E-state index contributed by atoms with van der Waals surface area (Å²) >= 11 is 0. The van der Waals surface area contributed by atoms with Crippen LogP contribution in [0.1, 0.15) is 11.1 Å². The number of benzene rings is 3. The molecule has 0 aliphatic heterocycles. The minimum Gasteiger partial charge on any atom is -0.493 e. The molecule has 0 amide bonds. The molecule has 0 saturated carbocycles. The molecule has 3 rings (SSSR count). The topological polar surface area (TPSA) is 73.9 Å². The van der Waals surface area contributed by atoms with Gasteiger partial charge in [-0.2, -0.15) is 0 Å². The van der Waals surface area contributed by atoms with Crippen molar-refractivity contribution in [3.05, 3.63) is 77.6 Å². The lowest BCUT2D eigenvalue weighted by Gasteiger charge is -2.13. The molecule has 0 atom stereocenters. The van der Waals surface area contributed by atoms with E-state index in [9.17, 15) is 12.8 Å². The van der Waals surface area contributed by atoms with Crippen LogP contribution in [-0.4, -0.2) is 29.7 Å². The maximum Gasteiger partial charge on any atom is 0.262 e. The van der Waals surface area contributed by atoms with Gasteiger partial charge in [-0.1, -0.05) is 36.4 Å². The fourth-order valence-electron chi connectivity index (χ4n) is 2.96. The first kappa shape index (κ1) is 22.2. The van der Waals surface area contributed by atoms with Gasteiger partial charge >= 0.3 is 0 Å². The van der Waals surface area contributed by atoms with Gasteiger partial charge in [-0.25, -0.2) is 12.8 Å². The average molecular weight is 443 g/mol. The van der Waals surface area contributed by atoms with Crippen LogP contribution in [-0.2, 0) is 10.0 Å². The summed E-state index contributed by atoms with van der Waals surface area (Å²) in [5.74, 6) is 0.854. The van der Waals surface area contributed by atoms with E-state index < -0.39 is 15.8 Å². The summed E-state index contributed by atoms with van der Waals surface area (Å²) in [6.07, 6.45) is 3.55. The Morgan fingerprint density at radius 3 is 2.13 bits per heavy atom. The summed E-state index contributed by atoms with van der Waals surface area (Å²) in [6, 6.07) is 15.3. The van der Waals surface area contributed by atoms with Crippen LogP contribution in [0.3, 0.4) is 0 Å². The fraction of sp³-hybridized carbons (Fsp3) is 0.130. The van der Waals surface area contributed by atoms with Crippen LogP contribution < -0.4 is 18.9 Å². The highest BCUT2D eigenvalue weighted by Gasteiger charge is 2.16. The smallest absolute Gasteiger partial charge is 0.262 e. The Hall–Kier alpha value is -3.52. The van der Waals surface area contributed by atoms with E-state index in [1.807, 2.05) is 0 Å². The first-order valence-electron chi connectivity index (χ1n) is 9.23. The van der Waals surface area contributed by atoms with Crippen LogP contribution in [0.5, 0.6) is 17.2 Å². The molecule has 0 saturated heterocycles. The lowest BCUT2D eigenvalue weighted by Crippen LogP contribution is -2.13. The summed E-state index contributed by atoms with van der Waals surface area (Å²) in [5.41, 5.74) is 1.74. The standard InChI is InChI=1S/C23H22FNO5S/c1-28-21-13-16(14-22(29-2)23(21)30-3)11-12-17-7-4-5-10-20(17)25-31(26,27)19-9-6-8-18(24)15-19/h4-15,25H,1-3H3. The van der Waals surface area contributed by atoms with E-state index in [2.05, 4.69) is 4.72 Å². The highest BCUT2D eigenvalue weighted by Crippen LogP contribution is 2.38. The predicted molar refractivity (Wildman–Crippen MR) is 119 cm³/mol. The van der Waals surface area contributed by atoms with Gasteiger partial charge in [0.25, 0.3) is 10.0 Å². The molecule has 1 N–H and O–H groups in total. The maximum atomic E-state index is 13.5. The third kappa shape index (κ3) is 5.16. The number of hydrogen-bond acceptors (Lipinski definition) is 5. The van der Waals surface area contributed by atoms with Crippen LogP contribution in [0.15, 0.2) is 65.6 Å². The molecule has 0 aliphatic carbocycles. The summed E-state index contributed by atoms with van der Waals surface area (Å²) in [5, 5.41) is 0. The first-order chi connectivity index (χ1) is 14.9. The molecule has 0 unspecified atom stereocenters. The first-order valence-corrected chi connectivity index (χ1v) is 10.7. The minimum atomic E-state index is -3.95. The third-order valence-electron chi connectivity index (χ3n) is 4.45. The van der Waals surface area contributed by atoms with Gasteiger partial charge in [0.2, 0.25) is 5.75 Å². The summed E-state index contributed by atoms with van der Waals surface area (Å²) in [7, 11) is 0.631. The summed E-state index contributed by atoms with van der Waals surface area (Å²) < 4.78 is 57.4. The molecule has 0 radical (unpaired) electrons. The van der Waals surface area contributed by atoms with Crippen molar-refractivity contribution in [2.45, 2.75) is 4.90 Å². The number of hydrogen-bond donors (Lipinski definition) is 1. The van der Waals surface area contributed by atoms with E-state index >= 15 is 0 Å². The van der Waals surface area contributed by atoms with Crippen LogP contribution in [0.4, 0.5) is 10.1 Å². The van der Waals surface area contributed by atoms with Crippen molar-refractivity contribution in [1.29, 1.82) is 0 Å². The molecule has 0 heterocycles. The average Bonchev–Trinajstić information content (AvgIpc) is 2.77. The van der Waals surface area contributed by atoms with Crippen molar-refractivity contribution in [3.63, 3.8) is 0 Å². The van der Waals surface area contributed by atoms with Gasteiger partial charge < -0.3 is 14.2 Å². The second-order valence-electron chi connectivity index (χ2n) is 6.44. The second-order valence-corrected chi connectivity index (χ2v) is 8.12. The molecule has 162 valence electrons. The minimum absolute atomic E-state index is 0.157.